The highest BCUT2D eigenvalue weighted by molar-refractivity contribution is 9.10. The summed E-state index contributed by atoms with van der Waals surface area (Å²) in [4.78, 5) is 2.65. The van der Waals surface area contributed by atoms with E-state index in [9.17, 15) is 0 Å². The zero-order chi connectivity index (χ0) is 11.8. The van der Waals surface area contributed by atoms with Gasteiger partial charge in [0, 0.05) is 29.3 Å². The number of benzene rings is 1. The molecule has 1 aromatic rings. The minimum absolute atomic E-state index is 0.823. The quantitative estimate of drug-likeness (QED) is 0.805. The van der Waals surface area contributed by atoms with Crippen LogP contribution in [0.2, 0.25) is 0 Å². The Hall–Kier alpha value is -0.540. The molecule has 0 bridgehead atoms. The number of nitrogens with zero attached hydrogens (tertiary/aromatic N) is 1. The average molecular weight is 295 g/mol. The molecule has 17 heavy (non-hydrogen) atoms. The molecule has 0 amide bonds. The fourth-order valence-corrected chi connectivity index (χ4v) is 3.82. The Morgan fingerprint density at radius 2 is 2.00 bits per heavy atom. The second kappa shape index (κ2) is 4.62. The molecule has 1 fully saturated rings. The molecule has 1 aliphatic heterocycles. The van der Waals surface area contributed by atoms with Crippen LogP contribution in [0.5, 0.6) is 0 Å². The maximum atomic E-state index is 6.09. The van der Waals surface area contributed by atoms with Gasteiger partial charge in [0.15, 0.2) is 0 Å². The van der Waals surface area contributed by atoms with E-state index < -0.39 is 0 Å². The number of halogens is 1. The van der Waals surface area contributed by atoms with Gasteiger partial charge in [-0.3, -0.25) is 4.90 Å². The van der Waals surface area contributed by atoms with Crippen molar-refractivity contribution < 1.29 is 0 Å². The summed E-state index contributed by atoms with van der Waals surface area (Å²) < 4.78 is 1.11. The van der Waals surface area contributed by atoms with E-state index in [1.165, 1.54) is 43.4 Å². The van der Waals surface area contributed by atoms with Crippen molar-refractivity contribution in [1.82, 2.24) is 4.90 Å². The predicted octanol–water partition coefficient (Wildman–Crippen LogP) is 3.33. The number of nitrogens with two attached hydrogens (primary N) is 1. The number of nitrogen functional groups attached to an aromatic ring is 1. The lowest BCUT2D eigenvalue weighted by Crippen LogP contribution is -2.37. The van der Waals surface area contributed by atoms with Gasteiger partial charge < -0.3 is 5.73 Å². The molecule has 2 N–H and O–H groups in total. The van der Waals surface area contributed by atoms with Crippen molar-refractivity contribution in [3.63, 3.8) is 0 Å². The van der Waals surface area contributed by atoms with Gasteiger partial charge in [0.2, 0.25) is 0 Å². The number of hydrogen-bond acceptors (Lipinski definition) is 2. The van der Waals surface area contributed by atoms with Crippen molar-refractivity contribution in [3.8, 4) is 0 Å². The van der Waals surface area contributed by atoms with Crippen molar-refractivity contribution in [1.29, 1.82) is 0 Å². The number of rotatable bonds is 1. The first-order chi connectivity index (χ1) is 8.24. The smallest absolute Gasteiger partial charge is 0.0361 e. The van der Waals surface area contributed by atoms with Gasteiger partial charge in [0.25, 0.3) is 0 Å². The summed E-state index contributed by atoms with van der Waals surface area (Å²) in [6.07, 6.45) is 6.71. The summed E-state index contributed by atoms with van der Waals surface area (Å²) in [6, 6.07) is 5.10. The number of anilines is 1. The molecule has 0 saturated heterocycles. The van der Waals surface area contributed by atoms with Gasteiger partial charge in [-0.1, -0.05) is 28.8 Å². The van der Waals surface area contributed by atoms with Crippen molar-refractivity contribution in [2.24, 2.45) is 0 Å². The highest BCUT2D eigenvalue weighted by atomic mass is 79.9. The molecule has 0 unspecified atom stereocenters. The monoisotopic (exact) mass is 294 g/mol. The predicted molar refractivity (Wildman–Crippen MR) is 74.9 cm³/mol. The van der Waals surface area contributed by atoms with Crippen LogP contribution < -0.4 is 5.73 Å². The average Bonchev–Trinajstić information content (AvgIpc) is 2.81. The van der Waals surface area contributed by atoms with Crippen LogP contribution in [0.15, 0.2) is 16.6 Å². The maximum absolute atomic E-state index is 6.09. The zero-order valence-corrected chi connectivity index (χ0v) is 11.7. The van der Waals surface area contributed by atoms with E-state index >= 15 is 0 Å². The van der Waals surface area contributed by atoms with E-state index in [4.69, 9.17) is 5.73 Å². The Balaban J connectivity index is 1.84. The molecule has 1 saturated carbocycles. The minimum atomic E-state index is 0.823. The summed E-state index contributed by atoms with van der Waals surface area (Å²) in [5.74, 6) is 0. The topological polar surface area (TPSA) is 29.3 Å². The SMILES string of the molecule is Nc1cc(Br)cc2c1CCN(C1CCCC1)C2. The van der Waals surface area contributed by atoms with Crippen LogP contribution in [0.4, 0.5) is 5.69 Å². The van der Waals surface area contributed by atoms with Crippen LogP contribution in [0.3, 0.4) is 0 Å². The molecule has 1 aromatic carbocycles. The molecule has 3 rings (SSSR count). The molecule has 0 radical (unpaired) electrons. The van der Waals surface area contributed by atoms with Gasteiger partial charge in [-0.15, -0.1) is 0 Å². The first kappa shape index (κ1) is 11.5. The standard InChI is InChI=1S/C14H19BrN2/c15-11-7-10-9-17(12-3-1-2-4-12)6-5-13(10)14(16)8-11/h7-8,12H,1-6,9,16H2. The Kier molecular flexibility index (Phi) is 3.14. The van der Waals surface area contributed by atoms with Crippen LogP contribution in [-0.2, 0) is 13.0 Å². The van der Waals surface area contributed by atoms with Gasteiger partial charge in [-0.05, 0) is 42.5 Å². The number of fused-ring (bicyclic) bond motifs is 1. The second-order valence-electron chi connectivity index (χ2n) is 5.29. The van der Waals surface area contributed by atoms with Crippen molar-refractivity contribution >= 4 is 21.6 Å². The summed E-state index contributed by atoms with van der Waals surface area (Å²) in [5.41, 5.74) is 9.85. The normalized spacial score (nSPS) is 21.7. The third-order valence-corrected chi connectivity index (χ3v) is 4.66. The van der Waals surface area contributed by atoms with Gasteiger partial charge in [-0.2, -0.15) is 0 Å². The summed E-state index contributed by atoms with van der Waals surface area (Å²) in [5, 5.41) is 0. The van der Waals surface area contributed by atoms with E-state index in [1.807, 2.05) is 6.07 Å². The van der Waals surface area contributed by atoms with E-state index in [2.05, 4.69) is 26.9 Å². The molecular formula is C14H19BrN2. The molecular weight excluding hydrogens is 276 g/mol. The Bertz CT molecular complexity index is 424. The van der Waals surface area contributed by atoms with Crippen LogP contribution in [0, 0.1) is 0 Å². The van der Waals surface area contributed by atoms with E-state index in [1.54, 1.807) is 0 Å². The number of hydrogen-bond donors (Lipinski definition) is 1. The van der Waals surface area contributed by atoms with E-state index in [0.717, 1.165) is 29.2 Å². The fourth-order valence-electron chi connectivity index (χ4n) is 3.30. The lowest BCUT2D eigenvalue weighted by molar-refractivity contribution is 0.181. The van der Waals surface area contributed by atoms with Gasteiger partial charge in [0.05, 0.1) is 0 Å². The summed E-state index contributed by atoms with van der Waals surface area (Å²) in [7, 11) is 0. The molecule has 3 heteroatoms. The molecule has 2 aliphatic rings. The van der Waals surface area contributed by atoms with Gasteiger partial charge in [-0.25, -0.2) is 0 Å². The molecule has 1 heterocycles. The first-order valence-corrected chi connectivity index (χ1v) is 7.34. The highest BCUT2D eigenvalue weighted by Crippen LogP contribution is 2.32. The van der Waals surface area contributed by atoms with Crippen LogP contribution >= 0.6 is 15.9 Å². The van der Waals surface area contributed by atoms with Gasteiger partial charge in [0.1, 0.15) is 0 Å². The third-order valence-electron chi connectivity index (χ3n) is 4.21. The third kappa shape index (κ3) is 2.23. The van der Waals surface area contributed by atoms with Crippen LogP contribution in [0.1, 0.15) is 36.8 Å². The summed E-state index contributed by atoms with van der Waals surface area (Å²) >= 11 is 3.55. The Morgan fingerprint density at radius 3 is 2.76 bits per heavy atom. The Morgan fingerprint density at radius 1 is 1.24 bits per heavy atom. The van der Waals surface area contributed by atoms with Crippen LogP contribution in [0.25, 0.3) is 0 Å². The van der Waals surface area contributed by atoms with Gasteiger partial charge >= 0.3 is 0 Å². The second-order valence-corrected chi connectivity index (χ2v) is 6.21. The lowest BCUT2D eigenvalue weighted by atomic mass is 9.96. The lowest BCUT2D eigenvalue weighted by Gasteiger charge is -2.34. The first-order valence-electron chi connectivity index (χ1n) is 6.55. The van der Waals surface area contributed by atoms with E-state index in [0.29, 0.717) is 0 Å². The van der Waals surface area contributed by atoms with E-state index in [-0.39, 0.29) is 0 Å². The molecule has 2 nitrogen and oxygen atoms in total. The molecule has 0 aromatic heterocycles. The molecule has 0 atom stereocenters. The zero-order valence-electron chi connectivity index (χ0n) is 10.1. The minimum Gasteiger partial charge on any atom is -0.398 e. The largest absolute Gasteiger partial charge is 0.398 e. The van der Waals surface area contributed by atoms with Crippen molar-refractivity contribution in [2.75, 3.05) is 12.3 Å². The molecule has 1 aliphatic carbocycles. The highest BCUT2D eigenvalue weighted by Gasteiger charge is 2.26. The van der Waals surface area contributed by atoms with Crippen molar-refractivity contribution in [3.05, 3.63) is 27.7 Å². The maximum Gasteiger partial charge on any atom is 0.0361 e. The molecule has 0 spiro atoms. The van der Waals surface area contributed by atoms with Crippen LogP contribution in [-0.4, -0.2) is 17.5 Å². The van der Waals surface area contributed by atoms with Crippen molar-refractivity contribution in [2.45, 2.75) is 44.7 Å². The molecule has 92 valence electrons. The fraction of sp³-hybridized carbons (Fsp3) is 0.571. The summed E-state index contributed by atoms with van der Waals surface area (Å²) in [6.45, 7) is 2.27. The Labute approximate surface area is 111 Å².